The molecule has 178 valence electrons. The van der Waals surface area contributed by atoms with Gasteiger partial charge in [0.15, 0.2) is 0 Å². The number of hydrogen-bond donors (Lipinski definition) is 1. The van der Waals surface area contributed by atoms with Crippen molar-refractivity contribution in [2.45, 2.75) is 36.1 Å². The molecule has 0 aliphatic carbocycles. The van der Waals surface area contributed by atoms with Crippen LogP contribution in [0.5, 0.6) is 5.75 Å². The zero-order valence-electron chi connectivity index (χ0n) is 18.8. The first-order valence-electron chi connectivity index (χ1n) is 11.3. The van der Waals surface area contributed by atoms with E-state index in [4.69, 9.17) is 16.3 Å². The highest BCUT2D eigenvalue weighted by Gasteiger charge is 2.35. The summed E-state index contributed by atoms with van der Waals surface area (Å²) in [5.74, 6) is 1.72. The second-order valence-electron chi connectivity index (χ2n) is 8.69. The summed E-state index contributed by atoms with van der Waals surface area (Å²) in [7, 11) is 1.59. The van der Waals surface area contributed by atoms with Gasteiger partial charge in [0.2, 0.25) is 0 Å². The molecule has 3 aromatic rings. The number of pyridine rings is 1. The minimum Gasteiger partial charge on any atom is -0.497 e. The van der Waals surface area contributed by atoms with E-state index >= 15 is 4.39 Å². The van der Waals surface area contributed by atoms with Gasteiger partial charge in [0.05, 0.1) is 21.9 Å². The van der Waals surface area contributed by atoms with Gasteiger partial charge in [0.1, 0.15) is 11.9 Å². The van der Waals surface area contributed by atoms with Crippen LogP contribution in [-0.4, -0.2) is 54.1 Å². The fraction of sp³-hybridized carbons (Fsp3) is 0.480. The lowest BCUT2D eigenvalue weighted by atomic mass is 9.74. The zero-order chi connectivity index (χ0) is 23.3. The van der Waals surface area contributed by atoms with E-state index in [9.17, 15) is 5.11 Å². The first kappa shape index (κ1) is 24.7. The van der Waals surface area contributed by atoms with E-state index in [1.807, 2.05) is 23.9 Å². The summed E-state index contributed by atoms with van der Waals surface area (Å²) >= 11 is 10.1. The molecular formula is C25H30ClFN2O2S2. The SMILES string of the molecule is COc1ccc2ncc(Cl)c(C(F)CCC3(CO)CCN(CCSc4cccs4)CC3)c2c1. The molecular weight excluding hydrogens is 479 g/mol. The zero-order valence-corrected chi connectivity index (χ0v) is 21.2. The molecule has 0 amide bonds. The van der Waals surface area contributed by atoms with Crippen molar-refractivity contribution in [3.63, 3.8) is 0 Å². The van der Waals surface area contributed by atoms with Crippen LogP contribution in [0.1, 0.15) is 37.4 Å². The Labute approximate surface area is 208 Å². The van der Waals surface area contributed by atoms with Crippen molar-refractivity contribution in [1.29, 1.82) is 0 Å². The molecule has 1 fully saturated rings. The van der Waals surface area contributed by atoms with Crippen molar-refractivity contribution in [3.8, 4) is 5.75 Å². The van der Waals surface area contributed by atoms with Crippen LogP contribution in [0.2, 0.25) is 5.02 Å². The van der Waals surface area contributed by atoms with E-state index in [1.165, 1.54) is 10.4 Å². The number of likely N-dealkylation sites (tertiary alicyclic amines) is 1. The maximum absolute atomic E-state index is 15.6. The van der Waals surface area contributed by atoms with E-state index in [0.717, 1.165) is 38.2 Å². The molecule has 0 spiro atoms. The van der Waals surface area contributed by atoms with Gasteiger partial charge < -0.3 is 14.7 Å². The number of thioether (sulfide) groups is 1. The van der Waals surface area contributed by atoms with Crippen molar-refractivity contribution in [2.75, 3.05) is 39.1 Å². The molecule has 3 heterocycles. The minimum atomic E-state index is -1.22. The molecule has 1 aliphatic rings. The molecule has 8 heteroatoms. The number of nitrogens with zero attached hydrogens (tertiary/aromatic N) is 2. The van der Waals surface area contributed by atoms with E-state index in [-0.39, 0.29) is 12.0 Å². The molecule has 1 N–H and O–H groups in total. The summed E-state index contributed by atoms with van der Waals surface area (Å²) in [5.41, 5.74) is 0.939. The van der Waals surface area contributed by atoms with Gasteiger partial charge in [-0.25, -0.2) is 4.39 Å². The Bertz CT molecular complexity index is 1040. The maximum atomic E-state index is 15.6. The number of alkyl halides is 1. The Morgan fingerprint density at radius 1 is 1.33 bits per heavy atom. The lowest BCUT2D eigenvalue weighted by Crippen LogP contribution is -2.42. The molecule has 1 saturated heterocycles. The van der Waals surface area contributed by atoms with Crippen LogP contribution in [0.15, 0.2) is 46.1 Å². The fourth-order valence-corrected chi connectivity index (χ4v) is 6.68. The minimum absolute atomic E-state index is 0.0934. The van der Waals surface area contributed by atoms with Gasteiger partial charge in [-0.2, -0.15) is 0 Å². The highest BCUT2D eigenvalue weighted by molar-refractivity contribution is 8.01. The quantitative estimate of drug-likeness (QED) is 0.312. The van der Waals surface area contributed by atoms with Crippen LogP contribution >= 0.6 is 34.7 Å². The lowest BCUT2D eigenvalue weighted by Gasteiger charge is -2.41. The fourth-order valence-electron chi connectivity index (χ4n) is 4.55. The number of thiophene rings is 1. The van der Waals surface area contributed by atoms with Gasteiger partial charge in [0, 0.05) is 36.1 Å². The number of hydrogen-bond acceptors (Lipinski definition) is 6. The summed E-state index contributed by atoms with van der Waals surface area (Å²) in [6.45, 7) is 3.02. The monoisotopic (exact) mass is 508 g/mol. The van der Waals surface area contributed by atoms with Crippen molar-refractivity contribution in [1.82, 2.24) is 9.88 Å². The second kappa shape index (κ2) is 11.4. The van der Waals surface area contributed by atoms with Crippen LogP contribution in [-0.2, 0) is 0 Å². The number of rotatable bonds is 10. The number of methoxy groups -OCH3 is 1. The Kier molecular flexibility index (Phi) is 8.52. The molecule has 33 heavy (non-hydrogen) atoms. The molecule has 0 radical (unpaired) electrons. The number of halogens is 2. The normalized spacial score (nSPS) is 17.3. The average molecular weight is 509 g/mol. The molecule has 1 aliphatic heterocycles. The summed E-state index contributed by atoms with van der Waals surface area (Å²) in [5, 5.41) is 13.3. The van der Waals surface area contributed by atoms with Crippen molar-refractivity contribution >= 4 is 45.6 Å². The van der Waals surface area contributed by atoms with E-state index in [0.29, 0.717) is 40.1 Å². The third-order valence-corrected chi connectivity index (χ3v) is 9.12. The smallest absolute Gasteiger partial charge is 0.127 e. The Morgan fingerprint density at radius 2 is 2.15 bits per heavy atom. The third-order valence-electron chi connectivity index (χ3n) is 6.71. The number of fused-ring (bicyclic) bond motifs is 1. The first-order chi connectivity index (χ1) is 16.0. The number of aromatic nitrogens is 1. The summed E-state index contributed by atoms with van der Waals surface area (Å²) in [6.07, 6.45) is 3.03. The van der Waals surface area contributed by atoms with Gasteiger partial charge >= 0.3 is 0 Å². The summed E-state index contributed by atoms with van der Waals surface area (Å²) in [6, 6.07) is 9.67. The molecule has 4 rings (SSSR count). The maximum Gasteiger partial charge on any atom is 0.127 e. The van der Waals surface area contributed by atoms with E-state index < -0.39 is 6.17 Å². The van der Waals surface area contributed by atoms with E-state index in [2.05, 4.69) is 27.4 Å². The van der Waals surface area contributed by atoms with Gasteiger partial charge in [-0.1, -0.05) is 17.7 Å². The topological polar surface area (TPSA) is 45.6 Å². The molecule has 0 saturated carbocycles. The molecule has 1 atom stereocenters. The van der Waals surface area contributed by atoms with Crippen LogP contribution < -0.4 is 4.74 Å². The van der Waals surface area contributed by atoms with Crippen molar-refractivity contribution < 1.29 is 14.2 Å². The predicted molar refractivity (Wildman–Crippen MR) is 137 cm³/mol. The number of aliphatic hydroxyl groups excluding tert-OH is 1. The number of ether oxygens (including phenoxy) is 1. The number of aliphatic hydroxyl groups is 1. The van der Waals surface area contributed by atoms with Gasteiger partial charge in [-0.15, -0.1) is 23.1 Å². The van der Waals surface area contributed by atoms with Gasteiger partial charge in [-0.05, 0) is 73.8 Å². The predicted octanol–water partition coefficient (Wildman–Crippen LogP) is 6.62. The van der Waals surface area contributed by atoms with Crippen molar-refractivity contribution in [3.05, 3.63) is 52.5 Å². The lowest BCUT2D eigenvalue weighted by molar-refractivity contribution is 0.0323. The van der Waals surface area contributed by atoms with Crippen LogP contribution in [0.3, 0.4) is 0 Å². The summed E-state index contributed by atoms with van der Waals surface area (Å²) < 4.78 is 22.2. The Hall–Kier alpha value is -1.38. The highest BCUT2D eigenvalue weighted by Crippen LogP contribution is 2.42. The van der Waals surface area contributed by atoms with E-state index in [1.54, 1.807) is 24.5 Å². The Balaban J connectivity index is 1.35. The molecule has 0 bridgehead atoms. The third kappa shape index (κ3) is 6.01. The van der Waals surface area contributed by atoms with Gasteiger partial charge in [-0.3, -0.25) is 4.98 Å². The number of piperidine rings is 1. The Morgan fingerprint density at radius 3 is 2.85 bits per heavy atom. The summed E-state index contributed by atoms with van der Waals surface area (Å²) in [4.78, 5) is 6.79. The average Bonchev–Trinajstić information content (AvgIpc) is 3.36. The van der Waals surface area contributed by atoms with Gasteiger partial charge in [0.25, 0.3) is 0 Å². The standard InChI is InChI=1S/C25H30ClFN2O2S2/c1-31-18-4-5-22-19(15-18)24(20(26)16-28-22)21(27)6-7-25(17-30)8-10-29(11-9-25)12-14-33-23-3-2-13-32-23/h2-5,13,15-16,21,30H,6-12,14,17H2,1H3. The molecule has 2 aromatic heterocycles. The first-order valence-corrected chi connectivity index (χ1v) is 13.5. The van der Waals surface area contributed by atoms with Crippen LogP contribution in [0.4, 0.5) is 4.39 Å². The van der Waals surface area contributed by atoms with Crippen LogP contribution in [0, 0.1) is 5.41 Å². The molecule has 1 aromatic carbocycles. The number of benzene rings is 1. The van der Waals surface area contributed by atoms with Crippen molar-refractivity contribution in [2.24, 2.45) is 5.41 Å². The molecule has 4 nitrogen and oxygen atoms in total. The highest BCUT2D eigenvalue weighted by atomic mass is 35.5. The van der Waals surface area contributed by atoms with Crippen LogP contribution in [0.25, 0.3) is 10.9 Å². The second-order valence-corrected chi connectivity index (χ2v) is 11.4. The molecule has 1 unspecified atom stereocenters. The largest absolute Gasteiger partial charge is 0.497 e.